The van der Waals surface area contributed by atoms with Gasteiger partial charge in [-0.3, -0.25) is 0 Å². The Morgan fingerprint density at radius 2 is 1.25 bits per heavy atom. The molecule has 4 heteroatoms. The van der Waals surface area contributed by atoms with E-state index in [-0.39, 0.29) is 0 Å². The fourth-order valence-electron chi connectivity index (χ4n) is 1.25. The summed E-state index contributed by atoms with van der Waals surface area (Å²) in [6, 6.07) is 7.59. The summed E-state index contributed by atoms with van der Waals surface area (Å²) in [4.78, 5) is 8.18. The first-order valence-corrected chi connectivity index (χ1v) is 5.01. The molecule has 0 saturated heterocycles. The molecular weight excluding hydrogens is 200 g/mol. The molecule has 0 saturated carbocycles. The highest BCUT2D eigenvalue weighted by Gasteiger charge is 1.93. The minimum atomic E-state index is 0.600. The summed E-state index contributed by atoms with van der Waals surface area (Å²) in [6.45, 7) is 3.98. The van der Waals surface area contributed by atoms with E-state index in [9.17, 15) is 0 Å². The average molecular weight is 212 g/mol. The van der Waals surface area contributed by atoms with E-state index in [1.165, 1.54) is 0 Å². The molecule has 2 heterocycles. The third kappa shape index (κ3) is 2.70. The van der Waals surface area contributed by atoms with Crippen molar-refractivity contribution in [2.75, 3.05) is 0 Å². The second-order valence-corrected chi connectivity index (χ2v) is 3.58. The van der Waals surface area contributed by atoms with Crippen LogP contribution in [0.4, 0.5) is 11.6 Å². The third-order valence-corrected chi connectivity index (χ3v) is 2.06. The molecule has 0 radical (unpaired) electrons. The normalized spacial score (nSPS) is 10.9. The van der Waals surface area contributed by atoms with Gasteiger partial charge in [-0.25, -0.2) is 9.97 Å². The molecule has 4 nitrogen and oxygen atoms in total. The van der Waals surface area contributed by atoms with Crippen LogP contribution in [-0.2, 0) is 0 Å². The Labute approximate surface area is 94.1 Å². The smallest absolute Gasteiger partial charge is 0.174 e. The zero-order valence-electron chi connectivity index (χ0n) is 9.25. The molecule has 0 aliphatic carbocycles. The third-order valence-electron chi connectivity index (χ3n) is 2.06. The Morgan fingerprint density at radius 1 is 0.812 bits per heavy atom. The van der Waals surface area contributed by atoms with Gasteiger partial charge in [-0.15, -0.1) is 10.2 Å². The summed E-state index contributed by atoms with van der Waals surface area (Å²) in [6.07, 6.45) is 3.43. The maximum absolute atomic E-state index is 4.09. The zero-order valence-corrected chi connectivity index (χ0v) is 9.25. The summed E-state index contributed by atoms with van der Waals surface area (Å²) in [7, 11) is 0. The van der Waals surface area contributed by atoms with Crippen LogP contribution >= 0.6 is 0 Å². The van der Waals surface area contributed by atoms with E-state index in [2.05, 4.69) is 20.2 Å². The van der Waals surface area contributed by atoms with E-state index < -0.39 is 0 Å². The molecule has 2 aromatic heterocycles. The molecule has 0 fully saturated rings. The number of nitrogens with zero attached hydrogens (tertiary/aromatic N) is 4. The maximum atomic E-state index is 4.09. The molecule has 0 N–H and O–H groups in total. The van der Waals surface area contributed by atoms with E-state index in [0.717, 1.165) is 11.1 Å². The molecule has 2 rings (SSSR count). The first kappa shape index (κ1) is 10.4. The molecule has 80 valence electrons. The SMILES string of the molecule is Cc1ccnc(N=Nc2cc(C)ccn2)c1. The Kier molecular flexibility index (Phi) is 3.00. The van der Waals surface area contributed by atoms with Crippen molar-refractivity contribution < 1.29 is 0 Å². The number of hydrogen-bond donors (Lipinski definition) is 0. The van der Waals surface area contributed by atoms with Gasteiger partial charge in [-0.2, -0.15) is 0 Å². The highest BCUT2D eigenvalue weighted by molar-refractivity contribution is 5.33. The van der Waals surface area contributed by atoms with Crippen LogP contribution < -0.4 is 0 Å². The fourth-order valence-corrected chi connectivity index (χ4v) is 1.25. The van der Waals surface area contributed by atoms with Crippen molar-refractivity contribution in [3.63, 3.8) is 0 Å². The summed E-state index contributed by atoms with van der Waals surface area (Å²) < 4.78 is 0. The highest BCUT2D eigenvalue weighted by atomic mass is 15.2. The standard InChI is InChI=1S/C12H12N4/c1-9-3-5-13-11(7-9)15-16-12-8-10(2)4-6-14-12/h3-8H,1-2H3. The Hall–Kier alpha value is -2.10. The predicted octanol–water partition coefficient (Wildman–Crippen LogP) is 3.51. The summed E-state index contributed by atoms with van der Waals surface area (Å²) >= 11 is 0. The lowest BCUT2D eigenvalue weighted by atomic mass is 10.3. The van der Waals surface area contributed by atoms with Gasteiger partial charge in [0.1, 0.15) is 0 Å². The number of aryl methyl sites for hydroxylation is 2. The van der Waals surface area contributed by atoms with Gasteiger partial charge in [-0.1, -0.05) is 0 Å². The molecule has 0 aliphatic heterocycles. The monoisotopic (exact) mass is 212 g/mol. The molecule has 0 unspecified atom stereocenters. The van der Waals surface area contributed by atoms with Crippen LogP contribution in [0.15, 0.2) is 46.9 Å². The van der Waals surface area contributed by atoms with Crippen LogP contribution in [-0.4, -0.2) is 9.97 Å². The highest BCUT2D eigenvalue weighted by Crippen LogP contribution is 2.15. The topological polar surface area (TPSA) is 50.5 Å². The molecule has 0 atom stereocenters. The number of hydrogen-bond acceptors (Lipinski definition) is 4. The van der Waals surface area contributed by atoms with Gasteiger partial charge in [-0.05, 0) is 49.2 Å². The number of rotatable bonds is 2. The molecular formula is C12H12N4. The van der Waals surface area contributed by atoms with Gasteiger partial charge >= 0.3 is 0 Å². The van der Waals surface area contributed by atoms with Gasteiger partial charge in [0.05, 0.1) is 0 Å². The second-order valence-electron chi connectivity index (χ2n) is 3.58. The van der Waals surface area contributed by atoms with Crippen LogP contribution in [0.25, 0.3) is 0 Å². The molecule has 0 aromatic carbocycles. The number of aromatic nitrogens is 2. The number of azo groups is 1. The summed E-state index contributed by atoms with van der Waals surface area (Å²) in [5.74, 6) is 1.20. The van der Waals surface area contributed by atoms with Crippen LogP contribution in [0.1, 0.15) is 11.1 Å². The van der Waals surface area contributed by atoms with Gasteiger partial charge in [0.15, 0.2) is 11.6 Å². The molecule has 0 aliphatic rings. The van der Waals surface area contributed by atoms with E-state index in [0.29, 0.717) is 11.6 Å². The average Bonchev–Trinajstić information content (AvgIpc) is 2.27. The van der Waals surface area contributed by atoms with Crippen molar-refractivity contribution in [2.45, 2.75) is 13.8 Å². The van der Waals surface area contributed by atoms with Crippen molar-refractivity contribution in [2.24, 2.45) is 10.2 Å². The summed E-state index contributed by atoms with van der Waals surface area (Å²) in [5.41, 5.74) is 2.22. The van der Waals surface area contributed by atoms with Crippen molar-refractivity contribution in [1.82, 2.24) is 9.97 Å². The fraction of sp³-hybridized carbons (Fsp3) is 0.167. The lowest BCUT2D eigenvalue weighted by Crippen LogP contribution is -1.77. The lowest BCUT2D eigenvalue weighted by Gasteiger charge is -1.94. The molecule has 16 heavy (non-hydrogen) atoms. The van der Waals surface area contributed by atoms with Crippen LogP contribution in [0.5, 0.6) is 0 Å². The van der Waals surface area contributed by atoms with Gasteiger partial charge < -0.3 is 0 Å². The largest absolute Gasteiger partial charge is 0.236 e. The molecule has 2 aromatic rings. The second kappa shape index (κ2) is 4.61. The Bertz CT molecular complexity index is 472. The van der Waals surface area contributed by atoms with Crippen molar-refractivity contribution in [3.8, 4) is 0 Å². The zero-order chi connectivity index (χ0) is 11.4. The Balaban J connectivity index is 2.21. The maximum Gasteiger partial charge on any atom is 0.174 e. The van der Waals surface area contributed by atoms with Crippen LogP contribution in [0.3, 0.4) is 0 Å². The predicted molar refractivity (Wildman–Crippen MR) is 62.1 cm³/mol. The van der Waals surface area contributed by atoms with E-state index >= 15 is 0 Å². The minimum Gasteiger partial charge on any atom is -0.236 e. The van der Waals surface area contributed by atoms with E-state index in [1.54, 1.807) is 12.4 Å². The first-order chi connectivity index (χ1) is 7.74. The van der Waals surface area contributed by atoms with Gasteiger partial charge in [0, 0.05) is 12.4 Å². The van der Waals surface area contributed by atoms with E-state index in [4.69, 9.17) is 0 Å². The minimum absolute atomic E-state index is 0.600. The molecule has 0 spiro atoms. The van der Waals surface area contributed by atoms with E-state index in [1.807, 2.05) is 38.1 Å². The first-order valence-electron chi connectivity index (χ1n) is 5.01. The summed E-state index contributed by atoms with van der Waals surface area (Å²) in [5, 5.41) is 8.06. The quantitative estimate of drug-likeness (QED) is 0.715. The van der Waals surface area contributed by atoms with Crippen LogP contribution in [0.2, 0.25) is 0 Å². The molecule has 0 amide bonds. The lowest BCUT2D eigenvalue weighted by molar-refractivity contribution is 1.10. The molecule has 0 bridgehead atoms. The van der Waals surface area contributed by atoms with Crippen molar-refractivity contribution in [1.29, 1.82) is 0 Å². The Morgan fingerprint density at radius 3 is 1.62 bits per heavy atom. The van der Waals surface area contributed by atoms with Gasteiger partial charge in [0.2, 0.25) is 0 Å². The van der Waals surface area contributed by atoms with Crippen molar-refractivity contribution in [3.05, 3.63) is 47.8 Å². The van der Waals surface area contributed by atoms with Gasteiger partial charge in [0.25, 0.3) is 0 Å². The van der Waals surface area contributed by atoms with Crippen LogP contribution in [0, 0.1) is 13.8 Å². The van der Waals surface area contributed by atoms with Crippen molar-refractivity contribution >= 4 is 11.6 Å². The number of pyridine rings is 2.